The first-order chi connectivity index (χ1) is 12.1. The highest BCUT2D eigenvalue weighted by molar-refractivity contribution is 5.96. The smallest absolute Gasteiger partial charge is 0.251 e. The molecule has 0 radical (unpaired) electrons. The second-order valence-corrected chi connectivity index (χ2v) is 6.78. The molecule has 4 nitrogen and oxygen atoms in total. The fourth-order valence-corrected chi connectivity index (χ4v) is 3.49. The van der Waals surface area contributed by atoms with Crippen LogP contribution < -0.4 is 5.32 Å². The van der Waals surface area contributed by atoms with Crippen molar-refractivity contribution in [3.05, 3.63) is 65.2 Å². The Balaban J connectivity index is 1.43. The van der Waals surface area contributed by atoms with Crippen LogP contribution >= 0.6 is 0 Å². The van der Waals surface area contributed by atoms with Gasteiger partial charge in [-0.25, -0.2) is 0 Å². The molecule has 3 rings (SSSR count). The van der Waals surface area contributed by atoms with E-state index in [1.165, 1.54) is 24.5 Å². The van der Waals surface area contributed by atoms with E-state index in [2.05, 4.69) is 40.5 Å². The van der Waals surface area contributed by atoms with Gasteiger partial charge < -0.3 is 15.3 Å². The summed E-state index contributed by atoms with van der Waals surface area (Å²) in [7, 11) is 0. The maximum absolute atomic E-state index is 12.3. The summed E-state index contributed by atoms with van der Waals surface area (Å²) in [4.78, 5) is 14.7. The van der Waals surface area contributed by atoms with Crippen molar-refractivity contribution < 1.29 is 9.90 Å². The lowest BCUT2D eigenvalue weighted by Crippen LogP contribution is -2.39. The number of nitrogens with zero attached hydrogens (tertiary/aromatic N) is 1. The van der Waals surface area contributed by atoms with E-state index in [0.717, 1.165) is 25.2 Å². The summed E-state index contributed by atoms with van der Waals surface area (Å²) in [5, 5.41) is 12.5. The van der Waals surface area contributed by atoms with Crippen molar-refractivity contribution in [3.63, 3.8) is 0 Å². The first-order valence-electron chi connectivity index (χ1n) is 8.98. The van der Waals surface area contributed by atoms with Gasteiger partial charge in [-0.2, -0.15) is 0 Å². The molecule has 0 spiro atoms. The van der Waals surface area contributed by atoms with Crippen molar-refractivity contribution in [2.45, 2.75) is 25.7 Å². The molecule has 2 aromatic rings. The van der Waals surface area contributed by atoms with Gasteiger partial charge in [0.25, 0.3) is 5.91 Å². The zero-order valence-electron chi connectivity index (χ0n) is 14.7. The molecule has 0 unspecified atom stereocenters. The maximum Gasteiger partial charge on any atom is 0.251 e. The molecule has 1 fully saturated rings. The number of hydrogen-bond acceptors (Lipinski definition) is 3. The van der Waals surface area contributed by atoms with Crippen LogP contribution in [0, 0.1) is 6.92 Å². The number of phenols is 1. The molecular formula is C21H26N2O2. The third-order valence-electron chi connectivity index (χ3n) is 5.04. The predicted octanol–water partition coefficient (Wildman–Crippen LogP) is 3.31. The minimum Gasteiger partial charge on any atom is -0.508 e. The second kappa shape index (κ2) is 8.17. The zero-order chi connectivity index (χ0) is 17.6. The van der Waals surface area contributed by atoms with Gasteiger partial charge in [-0.1, -0.05) is 36.4 Å². The van der Waals surface area contributed by atoms with E-state index in [1.807, 2.05) is 6.92 Å². The molecule has 0 aliphatic carbocycles. The molecule has 4 heteroatoms. The molecule has 1 saturated heterocycles. The third kappa shape index (κ3) is 4.60. The summed E-state index contributed by atoms with van der Waals surface area (Å²) < 4.78 is 0. The second-order valence-electron chi connectivity index (χ2n) is 6.78. The van der Waals surface area contributed by atoms with Crippen LogP contribution in [0.1, 0.15) is 40.2 Å². The number of aryl methyl sites for hydroxylation is 1. The van der Waals surface area contributed by atoms with Crippen LogP contribution in [-0.2, 0) is 0 Å². The fraction of sp³-hybridized carbons (Fsp3) is 0.381. The van der Waals surface area contributed by atoms with Crippen molar-refractivity contribution in [3.8, 4) is 5.75 Å². The van der Waals surface area contributed by atoms with Gasteiger partial charge in [-0.05, 0) is 62.0 Å². The summed E-state index contributed by atoms with van der Waals surface area (Å²) in [5.74, 6) is 0.660. The Labute approximate surface area is 149 Å². The van der Waals surface area contributed by atoms with Crippen LogP contribution in [0.25, 0.3) is 0 Å². The Bertz CT molecular complexity index is 707. The Morgan fingerprint density at radius 3 is 2.60 bits per heavy atom. The summed E-state index contributed by atoms with van der Waals surface area (Å²) in [6, 6.07) is 15.6. The number of rotatable bonds is 5. The van der Waals surface area contributed by atoms with Crippen LogP contribution in [0.4, 0.5) is 0 Å². The Morgan fingerprint density at radius 2 is 1.88 bits per heavy atom. The first kappa shape index (κ1) is 17.5. The minimum atomic E-state index is -0.118. The van der Waals surface area contributed by atoms with E-state index in [9.17, 15) is 9.90 Å². The van der Waals surface area contributed by atoms with Crippen LogP contribution in [0.2, 0.25) is 0 Å². The summed E-state index contributed by atoms with van der Waals surface area (Å²) in [5.41, 5.74) is 2.86. The molecule has 0 saturated carbocycles. The van der Waals surface area contributed by atoms with E-state index in [4.69, 9.17) is 0 Å². The summed E-state index contributed by atoms with van der Waals surface area (Å²) in [6.45, 7) is 5.51. The lowest BCUT2D eigenvalue weighted by atomic mass is 9.89. The molecule has 1 aliphatic heterocycles. The Hall–Kier alpha value is -2.33. The highest BCUT2D eigenvalue weighted by atomic mass is 16.3. The van der Waals surface area contributed by atoms with E-state index in [-0.39, 0.29) is 11.7 Å². The van der Waals surface area contributed by atoms with Gasteiger partial charge in [-0.15, -0.1) is 0 Å². The SMILES string of the molecule is Cc1ccc(O)cc1C(=O)NCCN1CCC(c2ccccc2)CC1. The lowest BCUT2D eigenvalue weighted by Gasteiger charge is -2.32. The number of phenolic OH excluding ortho intramolecular Hbond substituents is 1. The van der Waals surface area contributed by atoms with E-state index in [0.29, 0.717) is 18.0 Å². The normalized spacial score (nSPS) is 15.9. The van der Waals surface area contributed by atoms with Gasteiger partial charge in [0, 0.05) is 18.7 Å². The molecule has 1 aliphatic rings. The molecule has 2 N–H and O–H groups in total. The average molecular weight is 338 g/mol. The number of piperidine rings is 1. The molecule has 0 atom stereocenters. The number of benzene rings is 2. The highest BCUT2D eigenvalue weighted by Gasteiger charge is 2.20. The topological polar surface area (TPSA) is 52.6 Å². The standard InChI is InChI=1S/C21H26N2O2/c1-16-7-8-19(24)15-20(16)21(25)22-11-14-23-12-9-18(10-13-23)17-5-3-2-4-6-17/h2-8,15,18,24H,9-14H2,1H3,(H,22,25). The maximum atomic E-state index is 12.3. The molecular weight excluding hydrogens is 312 g/mol. The van der Waals surface area contributed by atoms with Crippen molar-refractivity contribution >= 4 is 5.91 Å². The zero-order valence-corrected chi connectivity index (χ0v) is 14.7. The lowest BCUT2D eigenvalue weighted by molar-refractivity contribution is 0.0945. The van der Waals surface area contributed by atoms with Gasteiger partial charge in [0.15, 0.2) is 0 Å². The van der Waals surface area contributed by atoms with Crippen LogP contribution in [0.5, 0.6) is 5.75 Å². The predicted molar refractivity (Wildman–Crippen MR) is 100 cm³/mol. The van der Waals surface area contributed by atoms with Gasteiger partial charge in [0.1, 0.15) is 5.75 Å². The number of carbonyl (C=O) groups excluding carboxylic acids is 1. The number of aromatic hydroxyl groups is 1. The van der Waals surface area contributed by atoms with Gasteiger partial charge in [0.2, 0.25) is 0 Å². The number of amides is 1. The van der Waals surface area contributed by atoms with Gasteiger partial charge in [-0.3, -0.25) is 4.79 Å². The quantitative estimate of drug-likeness (QED) is 0.879. The van der Waals surface area contributed by atoms with E-state index >= 15 is 0 Å². The first-order valence-corrected chi connectivity index (χ1v) is 8.98. The molecule has 0 aromatic heterocycles. The van der Waals surface area contributed by atoms with Crippen molar-refractivity contribution in [1.29, 1.82) is 0 Å². The molecule has 1 heterocycles. The van der Waals surface area contributed by atoms with Crippen molar-refractivity contribution in [2.75, 3.05) is 26.2 Å². The molecule has 25 heavy (non-hydrogen) atoms. The number of hydrogen-bond donors (Lipinski definition) is 2. The van der Waals surface area contributed by atoms with Crippen molar-refractivity contribution in [1.82, 2.24) is 10.2 Å². The number of nitrogens with one attached hydrogen (secondary N) is 1. The van der Waals surface area contributed by atoms with Gasteiger partial charge in [0.05, 0.1) is 0 Å². The number of likely N-dealkylation sites (tertiary alicyclic amines) is 1. The van der Waals surface area contributed by atoms with Crippen LogP contribution in [-0.4, -0.2) is 42.1 Å². The Morgan fingerprint density at radius 1 is 1.16 bits per heavy atom. The minimum absolute atomic E-state index is 0.118. The summed E-state index contributed by atoms with van der Waals surface area (Å²) >= 11 is 0. The van der Waals surface area contributed by atoms with Gasteiger partial charge >= 0.3 is 0 Å². The van der Waals surface area contributed by atoms with Crippen LogP contribution in [0.3, 0.4) is 0 Å². The van der Waals surface area contributed by atoms with Crippen molar-refractivity contribution in [2.24, 2.45) is 0 Å². The molecule has 2 aromatic carbocycles. The average Bonchev–Trinajstić information content (AvgIpc) is 2.65. The number of carbonyl (C=O) groups is 1. The highest BCUT2D eigenvalue weighted by Crippen LogP contribution is 2.27. The molecule has 0 bridgehead atoms. The molecule has 132 valence electrons. The largest absolute Gasteiger partial charge is 0.508 e. The van der Waals surface area contributed by atoms with E-state index in [1.54, 1.807) is 12.1 Å². The summed E-state index contributed by atoms with van der Waals surface area (Å²) in [6.07, 6.45) is 2.34. The fourth-order valence-electron chi connectivity index (χ4n) is 3.49. The third-order valence-corrected chi connectivity index (χ3v) is 5.04. The molecule has 1 amide bonds. The Kier molecular flexibility index (Phi) is 5.71. The van der Waals surface area contributed by atoms with Crippen LogP contribution in [0.15, 0.2) is 48.5 Å². The monoisotopic (exact) mass is 338 g/mol. The van der Waals surface area contributed by atoms with E-state index < -0.39 is 0 Å².